The van der Waals surface area contributed by atoms with Gasteiger partial charge in [-0.05, 0) is 50.2 Å². The highest BCUT2D eigenvalue weighted by atomic mass is 16.5. The van der Waals surface area contributed by atoms with Crippen molar-refractivity contribution in [1.82, 2.24) is 9.88 Å². The first-order chi connectivity index (χ1) is 12.7. The zero-order valence-electron chi connectivity index (χ0n) is 15.4. The largest absolute Gasteiger partial charge is 0.378 e. The number of hydrogen-bond acceptors (Lipinski definition) is 5. The Kier molecular flexibility index (Phi) is 6.07. The zero-order valence-corrected chi connectivity index (χ0v) is 15.4. The number of ether oxygens (including phenoxy) is 1. The SMILES string of the molecule is CCN(CC)c1ccc(Nc2ccnc(C(=O)N3CCOCC3)c2)cc1. The molecule has 1 fully saturated rings. The maximum atomic E-state index is 12.6. The third kappa shape index (κ3) is 4.32. The average Bonchev–Trinajstić information content (AvgIpc) is 2.70. The van der Waals surface area contributed by atoms with Crippen LogP contribution in [0.2, 0.25) is 0 Å². The van der Waals surface area contributed by atoms with Gasteiger partial charge in [-0.3, -0.25) is 9.78 Å². The Morgan fingerprint density at radius 3 is 2.46 bits per heavy atom. The van der Waals surface area contributed by atoms with Crippen LogP contribution in [0.4, 0.5) is 17.1 Å². The Balaban J connectivity index is 1.69. The van der Waals surface area contributed by atoms with Crippen LogP contribution in [0.15, 0.2) is 42.6 Å². The highest BCUT2D eigenvalue weighted by Gasteiger charge is 2.19. The highest BCUT2D eigenvalue weighted by molar-refractivity contribution is 5.93. The molecule has 0 atom stereocenters. The smallest absolute Gasteiger partial charge is 0.272 e. The van der Waals surface area contributed by atoms with E-state index in [1.165, 1.54) is 5.69 Å². The van der Waals surface area contributed by atoms with Crippen molar-refractivity contribution in [2.75, 3.05) is 49.6 Å². The number of carbonyl (C=O) groups is 1. The van der Waals surface area contributed by atoms with Crippen molar-refractivity contribution >= 4 is 23.0 Å². The number of carbonyl (C=O) groups excluding carboxylic acids is 1. The summed E-state index contributed by atoms with van der Waals surface area (Å²) < 4.78 is 5.30. The molecule has 2 heterocycles. The minimum absolute atomic E-state index is 0.0474. The van der Waals surface area contributed by atoms with Gasteiger partial charge in [-0.1, -0.05) is 0 Å². The van der Waals surface area contributed by atoms with E-state index in [2.05, 4.69) is 53.3 Å². The third-order valence-corrected chi connectivity index (χ3v) is 4.56. The summed E-state index contributed by atoms with van der Waals surface area (Å²) >= 11 is 0. The van der Waals surface area contributed by atoms with Gasteiger partial charge < -0.3 is 19.9 Å². The molecule has 0 saturated carbocycles. The summed E-state index contributed by atoms with van der Waals surface area (Å²) in [7, 11) is 0. The van der Waals surface area contributed by atoms with Gasteiger partial charge in [-0.2, -0.15) is 0 Å². The summed E-state index contributed by atoms with van der Waals surface area (Å²) in [5, 5.41) is 3.35. The van der Waals surface area contributed by atoms with Crippen LogP contribution in [0.3, 0.4) is 0 Å². The molecule has 0 unspecified atom stereocenters. The van der Waals surface area contributed by atoms with E-state index in [0.29, 0.717) is 32.0 Å². The van der Waals surface area contributed by atoms with Gasteiger partial charge in [0.25, 0.3) is 5.91 Å². The van der Waals surface area contributed by atoms with E-state index in [1.807, 2.05) is 6.07 Å². The minimum Gasteiger partial charge on any atom is -0.378 e. The molecule has 1 aliphatic rings. The standard InChI is InChI=1S/C20H26N4O2/c1-3-23(4-2)18-7-5-16(6-8-18)22-17-9-10-21-19(15-17)20(25)24-11-13-26-14-12-24/h5-10,15H,3-4,11-14H2,1-2H3,(H,21,22). The number of hydrogen-bond donors (Lipinski definition) is 1. The molecule has 138 valence electrons. The van der Waals surface area contributed by atoms with E-state index >= 15 is 0 Å². The van der Waals surface area contributed by atoms with E-state index < -0.39 is 0 Å². The molecule has 1 saturated heterocycles. The maximum Gasteiger partial charge on any atom is 0.272 e. The second kappa shape index (κ2) is 8.67. The van der Waals surface area contributed by atoms with Crippen molar-refractivity contribution in [3.05, 3.63) is 48.3 Å². The number of pyridine rings is 1. The number of nitrogens with one attached hydrogen (secondary N) is 1. The van der Waals surface area contributed by atoms with Crippen LogP contribution in [-0.4, -0.2) is 55.2 Å². The van der Waals surface area contributed by atoms with Crippen molar-refractivity contribution in [1.29, 1.82) is 0 Å². The monoisotopic (exact) mass is 354 g/mol. The topological polar surface area (TPSA) is 57.7 Å². The quantitative estimate of drug-likeness (QED) is 0.864. The number of nitrogens with zero attached hydrogens (tertiary/aromatic N) is 3. The van der Waals surface area contributed by atoms with Gasteiger partial charge in [0.05, 0.1) is 13.2 Å². The van der Waals surface area contributed by atoms with Crippen molar-refractivity contribution < 1.29 is 9.53 Å². The van der Waals surface area contributed by atoms with Crippen molar-refractivity contribution in [3.8, 4) is 0 Å². The Morgan fingerprint density at radius 2 is 1.81 bits per heavy atom. The molecule has 1 aliphatic heterocycles. The van der Waals surface area contributed by atoms with Crippen LogP contribution in [0.5, 0.6) is 0 Å². The van der Waals surface area contributed by atoms with E-state index in [-0.39, 0.29) is 5.91 Å². The molecule has 1 aromatic carbocycles. The number of benzene rings is 1. The lowest BCUT2D eigenvalue weighted by Gasteiger charge is -2.26. The summed E-state index contributed by atoms with van der Waals surface area (Å²) in [6, 6.07) is 12.0. The number of anilines is 3. The predicted molar refractivity (Wildman–Crippen MR) is 104 cm³/mol. The van der Waals surface area contributed by atoms with E-state index in [0.717, 1.165) is 24.5 Å². The Morgan fingerprint density at radius 1 is 1.12 bits per heavy atom. The summed E-state index contributed by atoms with van der Waals surface area (Å²) in [6.07, 6.45) is 1.67. The van der Waals surface area contributed by atoms with E-state index in [1.54, 1.807) is 17.2 Å². The lowest BCUT2D eigenvalue weighted by atomic mass is 10.2. The molecule has 0 spiro atoms. The molecule has 6 nitrogen and oxygen atoms in total. The van der Waals surface area contributed by atoms with Crippen molar-refractivity contribution in [3.63, 3.8) is 0 Å². The van der Waals surface area contributed by atoms with Gasteiger partial charge in [0.15, 0.2) is 0 Å². The summed E-state index contributed by atoms with van der Waals surface area (Å²) in [6.45, 7) is 8.68. The predicted octanol–water partition coefficient (Wildman–Crippen LogP) is 3.14. The molecule has 2 aromatic rings. The first-order valence-corrected chi connectivity index (χ1v) is 9.16. The molecular formula is C20H26N4O2. The number of amides is 1. The molecule has 6 heteroatoms. The van der Waals surface area contributed by atoms with Gasteiger partial charge in [-0.25, -0.2) is 0 Å². The maximum absolute atomic E-state index is 12.6. The molecule has 1 aromatic heterocycles. The average molecular weight is 354 g/mol. The first kappa shape index (κ1) is 18.2. The van der Waals surface area contributed by atoms with E-state index in [9.17, 15) is 4.79 Å². The summed E-state index contributed by atoms with van der Waals surface area (Å²) in [5.41, 5.74) is 3.50. The fourth-order valence-electron chi connectivity index (χ4n) is 3.06. The summed E-state index contributed by atoms with van der Waals surface area (Å²) in [4.78, 5) is 20.9. The van der Waals surface area contributed by atoms with Gasteiger partial charge in [0, 0.05) is 49.4 Å². The van der Waals surface area contributed by atoms with Crippen LogP contribution in [0.25, 0.3) is 0 Å². The van der Waals surface area contributed by atoms with Crippen LogP contribution < -0.4 is 10.2 Å². The molecular weight excluding hydrogens is 328 g/mol. The van der Waals surface area contributed by atoms with Gasteiger partial charge in [0.2, 0.25) is 0 Å². The molecule has 26 heavy (non-hydrogen) atoms. The fourth-order valence-corrected chi connectivity index (χ4v) is 3.06. The van der Waals surface area contributed by atoms with Crippen molar-refractivity contribution in [2.45, 2.75) is 13.8 Å². The van der Waals surface area contributed by atoms with Gasteiger partial charge in [-0.15, -0.1) is 0 Å². The van der Waals surface area contributed by atoms with Crippen LogP contribution in [0.1, 0.15) is 24.3 Å². The second-order valence-electron chi connectivity index (χ2n) is 6.18. The Labute approximate surface area is 154 Å². The number of morpholine rings is 1. The molecule has 1 amide bonds. The fraction of sp³-hybridized carbons (Fsp3) is 0.400. The lowest BCUT2D eigenvalue weighted by molar-refractivity contribution is 0.0299. The summed E-state index contributed by atoms with van der Waals surface area (Å²) in [5.74, 6) is -0.0474. The highest BCUT2D eigenvalue weighted by Crippen LogP contribution is 2.21. The molecule has 3 rings (SSSR count). The van der Waals surface area contributed by atoms with Crippen molar-refractivity contribution in [2.24, 2.45) is 0 Å². The van der Waals surface area contributed by atoms with Crippen LogP contribution in [-0.2, 0) is 4.74 Å². The normalized spacial score (nSPS) is 14.2. The number of rotatable bonds is 6. The second-order valence-corrected chi connectivity index (χ2v) is 6.18. The zero-order chi connectivity index (χ0) is 18.4. The Bertz CT molecular complexity index is 723. The first-order valence-electron chi connectivity index (χ1n) is 9.16. The van der Waals surface area contributed by atoms with Crippen LogP contribution in [0, 0.1) is 0 Å². The lowest BCUT2D eigenvalue weighted by Crippen LogP contribution is -2.41. The molecule has 0 bridgehead atoms. The van der Waals surface area contributed by atoms with Gasteiger partial charge >= 0.3 is 0 Å². The molecule has 1 N–H and O–H groups in total. The third-order valence-electron chi connectivity index (χ3n) is 4.56. The molecule has 0 radical (unpaired) electrons. The minimum atomic E-state index is -0.0474. The van der Waals surface area contributed by atoms with E-state index in [4.69, 9.17) is 4.74 Å². The number of aromatic nitrogens is 1. The van der Waals surface area contributed by atoms with Crippen LogP contribution >= 0.6 is 0 Å². The molecule has 0 aliphatic carbocycles. The van der Waals surface area contributed by atoms with Gasteiger partial charge in [0.1, 0.15) is 5.69 Å². The Hall–Kier alpha value is -2.60.